The lowest BCUT2D eigenvalue weighted by Crippen LogP contribution is -2.10. The van der Waals surface area contributed by atoms with Gasteiger partial charge in [-0.15, -0.1) is 0 Å². The van der Waals surface area contributed by atoms with Crippen LogP contribution in [-0.2, 0) is 10.9 Å². The normalized spacial score (nSPS) is 11.4. The molecule has 27 heavy (non-hydrogen) atoms. The fourth-order valence-electron chi connectivity index (χ4n) is 2.54. The summed E-state index contributed by atoms with van der Waals surface area (Å²) in [6.07, 6.45) is -4.41. The second kappa shape index (κ2) is 8.18. The minimum Gasteiger partial charge on any atom is -0.383 e. The zero-order valence-corrected chi connectivity index (χ0v) is 14.6. The van der Waals surface area contributed by atoms with Gasteiger partial charge in [0.25, 0.3) is 0 Å². The maximum absolute atomic E-state index is 13.1. The lowest BCUT2D eigenvalue weighted by Gasteiger charge is -2.12. The lowest BCUT2D eigenvalue weighted by atomic mass is 10.1. The summed E-state index contributed by atoms with van der Waals surface area (Å²) in [4.78, 5) is 8.95. The van der Waals surface area contributed by atoms with Gasteiger partial charge in [0.2, 0.25) is 0 Å². The van der Waals surface area contributed by atoms with Gasteiger partial charge in [-0.1, -0.05) is 42.5 Å². The summed E-state index contributed by atoms with van der Waals surface area (Å²) < 4.78 is 44.2. The molecule has 4 nitrogen and oxygen atoms in total. The molecule has 3 rings (SSSR count). The molecule has 140 valence electrons. The number of ether oxygens (including phenoxy) is 1. The van der Waals surface area contributed by atoms with Crippen LogP contribution in [0, 0.1) is 0 Å². The number of alkyl halides is 3. The molecule has 1 N–H and O–H groups in total. The Morgan fingerprint density at radius 1 is 0.926 bits per heavy atom. The summed E-state index contributed by atoms with van der Waals surface area (Å²) in [5, 5.41) is 3.11. The summed E-state index contributed by atoms with van der Waals surface area (Å²) in [7, 11) is 1.59. The van der Waals surface area contributed by atoms with Gasteiger partial charge in [0.15, 0.2) is 5.82 Å². The zero-order valence-electron chi connectivity index (χ0n) is 14.6. The maximum atomic E-state index is 13.1. The van der Waals surface area contributed by atoms with Crippen molar-refractivity contribution in [1.82, 2.24) is 9.97 Å². The van der Waals surface area contributed by atoms with Crippen LogP contribution in [0.15, 0.2) is 60.7 Å². The Bertz CT molecular complexity index is 898. The first-order chi connectivity index (χ1) is 13.0. The van der Waals surface area contributed by atoms with E-state index in [4.69, 9.17) is 4.74 Å². The minimum absolute atomic E-state index is 0.374. The summed E-state index contributed by atoms with van der Waals surface area (Å²) in [5.74, 6) is 0.957. The summed E-state index contributed by atoms with van der Waals surface area (Å²) in [6.45, 7) is 0.993. The highest BCUT2D eigenvalue weighted by atomic mass is 19.4. The molecule has 0 unspecified atom stereocenters. The van der Waals surface area contributed by atoms with Gasteiger partial charge in [-0.3, -0.25) is 0 Å². The van der Waals surface area contributed by atoms with Crippen molar-refractivity contribution in [3.63, 3.8) is 0 Å². The van der Waals surface area contributed by atoms with E-state index in [-0.39, 0.29) is 0 Å². The zero-order chi connectivity index (χ0) is 19.3. The third kappa shape index (κ3) is 4.83. The van der Waals surface area contributed by atoms with E-state index in [1.165, 1.54) is 6.07 Å². The highest BCUT2D eigenvalue weighted by Gasteiger charge is 2.30. The molecular formula is C20H18F3N3O. The Hall–Kier alpha value is -2.93. The van der Waals surface area contributed by atoms with Gasteiger partial charge in [0, 0.05) is 30.8 Å². The van der Waals surface area contributed by atoms with Gasteiger partial charge in [-0.2, -0.15) is 13.2 Å². The number of hydrogen-bond donors (Lipinski definition) is 1. The lowest BCUT2D eigenvalue weighted by molar-refractivity contribution is -0.137. The molecule has 0 spiro atoms. The largest absolute Gasteiger partial charge is 0.416 e. The number of halogens is 3. The number of methoxy groups -OCH3 is 1. The Balaban J connectivity index is 2.05. The average molecular weight is 373 g/mol. The van der Waals surface area contributed by atoms with Crippen LogP contribution >= 0.6 is 0 Å². The van der Waals surface area contributed by atoms with E-state index in [2.05, 4.69) is 15.3 Å². The molecule has 0 saturated carbocycles. The predicted octanol–water partition coefficient (Wildman–Crippen LogP) is 4.89. The number of aromatic nitrogens is 2. The molecule has 0 aliphatic carbocycles. The van der Waals surface area contributed by atoms with Gasteiger partial charge in [-0.25, -0.2) is 9.97 Å². The third-order valence-corrected chi connectivity index (χ3v) is 3.86. The van der Waals surface area contributed by atoms with Crippen molar-refractivity contribution in [2.24, 2.45) is 0 Å². The van der Waals surface area contributed by atoms with Crippen molar-refractivity contribution in [2.45, 2.75) is 6.18 Å². The number of anilines is 1. The van der Waals surface area contributed by atoms with E-state index >= 15 is 0 Å². The van der Waals surface area contributed by atoms with Gasteiger partial charge >= 0.3 is 6.18 Å². The van der Waals surface area contributed by atoms with Crippen LogP contribution in [0.4, 0.5) is 19.0 Å². The number of benzene rings is 2. The van der Waals surface area contributed by atoms with E-state index in [0.717, 1.165) is 17.7 Å². The SMILES string of the molecule is COCCNc1cc(-c2cccc(C(F)(F)F)c2)nc(-c2ccccc2)n1. The van der Waals surface area contributed by atoms with Gasteiger partial charge < -0.3 is 10.1 Å². The van der Waals surface area contributed by atoms with Crippen molar-refractivity contribution >= 4 is 5.82 Å². The van der Waals surface area contributed by atoms with Crippen LogP contribution in [0.3, 0.4) is 0 Å². The molecule has 0 aliphatic heterocycles. The molecule has 1 aromatic heterocycles. The Morgan fingerprint density at radius 2 is 1.67 bits per heavy atom. The second-order valence-electron chi connectivity index (χ2n) is 5.83. The quantitative estimate of drug-likeness (QED) is 0.625. The van der Waals surface area contributed by atoms with Gasteiger partial charge in [0.05, 0.1) is 17.9 Å². The second-order valence-corrected chi connectivity index (χ2v) is 5.83. The monoisotopic (exact) mass is 373 g/mol. The first-order valence-electron chi connectivity index (χ1n) is 8.32. The molecule has 0 aliphatic rings. The van der Waals surface area contributed by atoms with Crippen molar-refractivity contribution in [1.29, 1.82) is 0 Å². The van der Waals surface area contributed by atoms with Gasteiger partial charge in [-0.05, 0) is 12.1 Å². The molecule has 0 fully saturated rings. The molecule has 1 heterocycles. The van der Waals surface area contributed by atoms with Crippen LogP contribution in [0.25, 0.3) is 22.6 Å². The van der Waals surface area contributed by atoms with Crippen LogP contribution in [0.2, 0.25) is 0 Å². The summed E-state index contributed by atoms with van der Waals surface area (Å²) in [6, 6.07) is 16.0. The topological polar surface area (TPSA) is 47.0 Å². The summed E-state index contributed by atoms with van der Waals surface area (Å²) >= 11 is 0. The van der Waals surface area contributed by atoms with E-state index < -0.39 is 11.7 Å². The Kier molecular flexibility index (Phi) is 5.71. The van der Waals surface area contributed by atoms with Crippen molar-refractivity contribution < 1.29 is 17.9 Å². The molecule has 0 radical (unpaired) electrons. The molecule has 0 amide bonds. The highest BCUT2D eigenvalue weighted by molar-refractivity contribution is 5.68. The first kappa shape index (κ1) is 18.8. The molecule has 0 atom stereocenters. The molecular weight excluding hydrogens is 355 g/mol. The fourth-order valence-corrected chi connectivity index (χ4v) is 2.54. The predicted molar refractivity (Wildman–Crippen MR) is 98.3 cm³/mol. The minimum atomic E-state index is -4.41. The average Bonchev–Trinajstić information content (AvgIpc) is 2.68. The highest BCUT2D eigenvalue weighted by Crippen LogP contribution is 2.32. The number of nitrogens with zero attached hydrogens (tertiary/aromatic N) is 2. The van der Waals surface area contributed by atoms with Crippen LogP contribution in [0.5, 0.6) is 0 Å². The third-order valence-electron chi connectivity index (χ3n) is 3.86. The molecule has 2 aromatic carbocycles. The number of rotatable bonds is 6. The van der Waals surface area contributed by atoms with Gasteiger partial charge in [0.1, 0.15) is 5.82 Å². The molecule has 3 aromatic rings. The van der Waals surface area contributed by atoms with E-state index in [1.807, 2.05) is 30.3 Å². The number of hydrogen-bond acceptors (Lipinski definition) is 4. The van der Waals surface area contributed by atoms with E-state index in [0.29, 0.717) is 36.1 Å². The fraction of sp³-hybridized carbons (Fsp3) is 0.200. The van der Waals surface area contributed by atoms with Crippen molar-refractivity contribution in [3.8, 4) is 22.6 Å². The maximum Gasteiger partial charge on any atom is 0.416 e. The standard InChI is InChI=1S/C20H18F3N3O/c1-27-11-10-24-18-13-17(15-8-5-9-16(12-15)20(21,22)23)25-19(26-18)14-6-3-2-4-7-14/h2-9,12-13H,10-11H2,1H3,(H,24,25,26). The van der Waals surface area contributed by atoms with E-state index in [1.54, 1.807) is 19.2 Å². The number of nitrogens with one attached hydrogen (secondary N) is 1. The van der Waals surface area contributed by atoms with Crippen molar-refractivity contribution in [2.75, 3.05) is 25.6 Å². The van der Waals surface area contributed by atoms with Crippen LogP contribution in [0.1, 0.15) is 5.56 Å². The molecule has 7 heteroatoms. The Morgan fingerprint density at radius 3 is 2.37 bits per heavy atom. The molecule has 0 bridgehead atoms. The summed E-state index contributed by atoms with van der Waals surface area (Å²) in [5.41, 5.74) is 0.851. The van der Waals surface area contributed by atoms with Crippen molar-refractivity contribution in [3.05, 3.63) is 66.2 Å². The smallest absolute Gasteiger partial charge is 0.383 e. The Labute approximate surface area is 155 Å². The van der Waals surface area contributed by atoms with E-state index in [9.17, 15) is 13.2 Å². The first-order valence-corrected chi connectivity index (χ1v) is 8.32. The molecule has 0 saturated heterocycles. The van der Waals surface area contributed by atoms with Crippen LogP contribution in [-0.4, -0.2) is 30.2 Å². The van der Waals surface area contributed by atoms with Crippen LogP contribution < -0.4 is 5.32 Å².